The number of methoxy groups -OCH3 is 1. The van der Waals surface area contributed by atoms with Crippen molar-refractivity contribution in [2.45, 2.75) is 33.8 Å². The summed E-state index contributed by atoms with van der Waals surface area (Å²) < 4.78 is 9.45. The van der Waals surface area contributed by atoms with Crippen LogP contribution in [0, 0.1) is 0 Å². The number of aliphatic carboxylic acids is 2. The zero-order chi connectivity index (χ0) is 14.4. The summed E-state index contributed by atoms with van der Waals surface area (Å²) in [4.78, 5) is 28.3. The van der Waals surface area contributed by atoms with E-state index in [0.717, 1.165) is 13.8 Å². The van der Waals surface area contributed by atoms with Crippen LogP contribution in [-0.4, -0.2) is 47.9 Å². The Morgan fingerprint density at radius 3 is 1.53 bits per heavy atom. The van der Waals surface area contributed by atoms with Crippen LogP contribution in [0.1, 0.15) is 27.7 Å². The third-order valence-electron chi connectivity index (χ3n) is 0.769. The van der Waals surface area contributed by atoms with Gasteiger partial charge in [0.25, 0.3) is 11.9 Å². The van der Waals surface area contributed by atoms with E-state index in [1.165, 1.54) is 6.92 Å². The molecule has 102 valence electrons. The van der Waals surface area contributed by atoms with Crippen LogP contribution in [0.4, 0.5) is 0 Å². The normalized spacial score (nSPS) is 9.71. The average Bonchev–Trinajstić information content (AvgIpc) is 1.99. The van der Waals surface area contributed by atoms with Crippen molar-refractivity contribution in [2.24, 2.45) is 0 Å². The van der Waals surface area contributed by atoms with Crippen molar-refractivity contribution < 1.29 is 34.1 Å². The highest BCUT2D eigenvalue weighted by atomic mass is 16.6. The summed E-state index contributed by atoms with van der Waals surface area (Å²) in [5.41, 5.74) is 0. The fourth-order valence-electron chi connectivity index (χ4n) is 0.552. The standard InChI is InChI=1S/C6H12O3.2C2H4O2/c1-5(4-8-3)9-6(2)7;2*1-2(3)4/h5H,4H2,1-3H3;2*1H3,(H,3,4). The molecule has 7 nitrogen and oxygen atoms in total. The van der Waals surface area contributed by atoms with E-state index in [1.807, 2.05) is 0 Å². The summed E-state index contributed by atoms with van der Waals surface area (Å²) in [5, 5.41) is 14.8. The summed E-state index contributed by atoms with van der Waals surface area (Å²) in [6.45, 7) is 5.79. The average molecular weight is 252 g/mol. The van der Waals surface area contributed by atoms with Gasteiger partial charge in [-0.25, -0.2) is 0 Å². The van der Waals surface area contributed by atoms with Gasteiger partial charge in [-0.15, -0.1) is 0 Å². The van der Waals surface area contributed by atoms with E-state index in [0.29, 0.717) is 6.61 Å². The fourth-order valence-corrected chi connectivity index (χ4v) is 0.552. The van der Waals surface area contributed by atoms with Crippen molar-refractivity contribution >= 4 is 17.9 Å². The van der Waals surface area contributed by atoms with Crippen LogP contribution < -0.4 is 0 Å². The second-order valence-corrected chi connectivity index (χ2v) is 2.91. The molecule has 0 aliphatic carbocycles. The fraction of sp³-hybridized carbons (Fsp3) is 0.700. The van der Waals surface area contributed by atoms with Crippen molar-refractivity contribution in [3.63, 3.8) is 0 Å². The van der Waals surface area contributed by atoms with Crippen LogP contribution in [0.15, 0.2) is 0 Å². The minimum Gasteiger partial charge on any atom is -0.481 e. The Labute approximate surface area is 100 Å². The van der Waals surface area contributed by atoms with Crippen LogP contribution in [0.25, 0.3) is 0 Å². The molecule has 0 aromatic rings. The van der Waals surface area contributed by atoms with Crippen LogP contribution in [0.3, 0.4) is 0 Å². The maximum Gasteiger partial charge on any atom is 0.302 e. The molecule has 0 aliphatic heterocycles. The largest absolute Gasteiger partial charge is 0.481 e. The number of ether oxygens (including phenoxy) is 2. The van der Waals surface area contributed by atoms with E-state index >= 15 is 0 Å². The molecule has 0 aliphatic rings. The maximum absolute atomic E-state index is 10.3. The van der Waals surface area contributed by atoms with E-state index in [9.17, 15) is 4.79 Å². The number of carbonyl (C=O) groups is 3. The van der Waals surface area contributed by atoms with Crippen LogP contribution >= 0.6 is 0 Å². The molecule has 0 fully saturated rings. The first-order valence-corrected chi connectivity index (χ1v) is 4.68. The summed E-state index contributed by atoms with van der Waals surface area (Å²) >= 11 is 0. The van der Waals surface area contributed by atoms with E-state index in [-0.39, 0.29) is 12.1 Å². The third-order valence-corrected chi connectivity index (χ3v) is 0.769. The van der Waals surface area contributed by atoms with Gasteiger partial charge in [0.05, 0.1) is 6.61 Å². The number of hydrogen-bond donors (Lipinski definition) is 2. The number of esters is 1. The molecule has 0 aromatic heterocycles. The van der Waals surface area contributed by atoms with Crippen molar-refractivity contribution in [3.8, 4) is 0 Å². The van der Waals surface area contributed by atoms with Crippen LogP contribution in [-0.2, 0) is 23.9 Å². The topological polar surface area (TPSA) is 110 Å². The van der Waals surface area contributed by atoms with Crippen LogP contribution in [0.2, 0.25) is 0 Å². The summed E-state index contributed by atoms with van der Waals surface area (Å²) in [5.74, 6) is -1.93. The molecular weight excluding hydrogens is 232 g/mol. The van der Waals surface area contributed by atoms with Gasteiger partial charge in [0.1, 0.15) is 6.10 Å². The highest BCUT2D eigenvalue weighted by Crippen LogP contribution is 1.90. The van der Waals surface area contributed by atoms with Gasteiger partial charge in [0.2, 0.25) is 0 Å². The van der Waals surface area contributed by atoms with Gasteiger partial charge in [0, 0.05) is 27.9 Å². The number of carbonyl (C=O) groups excluding carboxylic acids is 1. The lowest BCUT2D eigenvalue weighted by Gasteiger charge is -2.08. The van der Waals surface area contributed by atoms with Gasteiger partial charge in [-0.1, -0.05) is 0 Å². The Morgan fingerprint density at radius 1 is 1.06 bits per heavy atom. The summed E-state index contributed by atoms with van der Waals surface area (Å²) in [6.07, 6.45) is -0.132. The molecule has 0 spiro atoms. The van der Waals surface area contributed by atoms with Gasteiger partial charge >= 0.3 is 5.97 Å². The lowest BCUT2D eigenvalue weighted by Crippen LogP contribution is -2.17. The molecule has 0 saturated heterocycles. The van der Waals surface area contributed by atoms with Gasteiger partial charge in [-0.05, 0) is 6.92 Å². The molecular formula is C10H20O7. The Hall–Kier alpha value is -1.63. The quantitative estimate of drug-likeness (QED) is 0.713. The molecule has 2 N–H and O–H groups in total. The first-order valence-electron chi connectivity index (χ1n) is 4.68. The minimum atomic E-state index is -0.833. The molecule has 0 rings (SSSR count). The van der Waals surface area contributed by atoms with Crippen LogP contribution in [0.5, 0.6) is 0 Å². The van der Waals surface area contributed by atoms with Crippen molar-refractivity contribution in [1.82, 2.24) is 0 Å². The zero-order valence-electron chi connectivity index (χ0n) is 10.7. The first-order chi connectivity index (χ1) is 7.63. The first kappa shape index (κ1) is 20.7. The highest BCUT2D eigenvalue weighted by Gasteiger charge is 2.02. The predicted molar refractivity (Wildman–Crippen MR) is 59.7 cm³/mol. The second-order valence-electron chi connectivity index (χ2n) is 2.91. The van der Waals surface area contributed by atoms with E-state index < -0.39 is 11.9 Å². The molecule has 1 atom stereocenters. The van der Waals surface area contributed by atoms with E-state index in [2.05, 4.69) is 0 Å². The predicted octanol–water partition coefficient (Wildman–Crippen LogP) is 0.766. The smallest absolute Gasteiger partial charge is 0.302 e. The van der Waals surface area contributed by atoms with Gasteiger partial charge in [-0.2, -0.15) is 0 Å². The molecule has 17 heavy (non-hydrogen) atoms. The lowest BCUT2D eigenvalue weighted by molar-refractivity contribution is -0.147. The van der Waals surface area contributed by atoms with Crippen molar-refractivity contribution in [1.29, 1.82) is 0 Å². The van der Waals surface area contributed by atoms with Gasteiger partial charge in [-0.3, -0.25) is 14.4 Å². The Bertz CT molecular complexity index is 205. The molecule has 0 bridgehead atoms. The second kappa shape index (κ2) is 14.4. The van der Waals surface area contributed by atoms with E-state index in [1.54, 1.807) is 14.0 Å². The number of hydrogen-bond acceptors (Lipinski definition) is 5. The van der Waals surface area contributed by atoms with Crippen molar-refractivity contribution in [2.75, 3.05) is 13.7 Å². The number of carboxylic acids is 2. The highest BCUT2D eigenvalue weighted by molar-refractivity contribution is 5.66. The number of carboxylic acid groups (broad SMARTS) is 2. The molecule has 0 saturated carbocycles. The van der Waals surface area contributed by atoms with Crippen molar-refractivity contribution in [3.05, 3.63) is 0 Å². The lowest BCUT2D eigenvalue weighted by atomic mass is 10.4. The van der Waals surface area contributed by atoms with Gasteiger partial charge < -0.3 is 19.7 Å². The zero-order valence-corrected chi connectivity index (χ0v) is 10.7. The molecule has 0 radical (unpaired) electrons. The summed E-state index contributed by atoms with van der Waals surface area (Å²) in [6, 6.07) is 0. The third kappa shape index (κ3) is 76.3. The Kier molecular flexibility index (Phi) is 17.5. The number of rotatable bonds is 3. The minimum absolute atomic E-state index is 0.132. The van der Waals surface area contributed by atoms with Gasteiger partial charge in [0.15, 0.2) is 0 Å². The molecule has 1 unspecified atom stereocenters. The monoisotopic (exact) mass is 252 g/mol. The SMILES string of the molecule is CC(=O)O.CC(=O)O.COCC(C)OC(C)=O. The summed E-state index contributed by atoms with van der Waals surface area (Å²) in [7, 11) is 1.57. The molecule has 7 heteroatoms. The maximum atomic E-state index is 10.3. The Balaban J connectivity index is -0.000000205. The molecule has 0 heterocycles. The molecule has 0 amide bonds. The Morgan fingerprint density at radius 2 is 1.35 bits per heavy atom. The molecule has 0 aromatic carbocycles. The van der Waals surface area contributed by atoms with E-state index in [4.69, 9.17) is 29.3 Å².